The van der Waals surface area contributed by atoms with Crippen LogP contribution in [0, 0.1) is 0 Å². The van der Waals surface area contributed by atoms with Crippen LogP contribution in [0.4, 0.5) is 5.69 Å². The van der Waals surface area contributed by atoms with Gasteiger partial charge >= 0.3 is 0 Å². The molecule has 1 aromatic heterocycles. The molecular weight excluding hydrogens is 340 g/mol. The standard InChI is InChI=1S/C18H13BrN2O/c19-14-6-5-12-9-18(22)21(17(12)10-14)11-13-7-8-20-16-4-2-1-3-15(13)16/h1-8,10H,9,11H2. The minimum absolute atomic E-state index is 0.147. The molecule has 2 heterocycles. The highest BCUT2D eigenvalue weighted by Crippen LogP contribution is 2.33. The van der Waals surface area contributed by atoms with E-state index in [1.807, 2.05) is 47.4 Å². The van der Waals surface area contributed by atoms with Crippen molar-refractivity contribution in [1.82, 2.24) is 4.98 Å². The summed E-state index contributed by atoms with van der Waals surface area (Å²) in [5, 5.41) is 1.10. The second kappa shape index (κ2) is 5.21. The molecule has 0 aliphatic carbocycles. The third-order valence-corrected chi connectivity index (χ3v) is 4.54. The number of para-hydroxylation sites is 1. The van der Waals surface area contributed by atoms with Gasteiger partial charge in [0.1, 0.15) is 0 Å². The second-order valence-electron chi connectivity index (χ2n) is 5.42. The summed E-state index contributed by atoms with van der Waals surface area (Å²) in [6.45, 7) is 0.575. The molecule has 2 aromatic carbocycles. The molecule has 1 amide bonds. The van der Waals surface area contributed by atoms with Crippen LogP contribution >= 0.6 is 15.9 Å². The molecule has 3 aromatic rings. The lowest BCUT2D eigenvalue weighted by atomic mass is 10.1. The van der Waals surface area contributed by atoms with Crippen LogP contribution < -0.4 is 4.90 Å². The summed E-state index contributed by atoms with van der Waals surface area (Å²) < 4.78 is 0.991. The zero-order valence-corrected chi connectivity index (χ0v) is 13.4. The predicted octanol–water partition coefficient (Wildman–Crippen LogP) is 4.09. The zero-order valence-electron chi connectivity index (χ0n) is 11.8. The van der Waals surface area contributed by atoms with E-state index in [4.69, 9.17) is 0 Å². The van der Waals surface area contributed by atoms with Crippen LogP contribution in [-0.2, 0) is 17.8 Å². The third kappa shape index (κ3) is 2.20. The molecule has 4 heteroatoms. The van der Waals surface area contributed by atoms with Crippen LogP contribution in [0.5, 0.6) is 0 Å². The van der Waals surface area contributed by atoms with Crippen molar-refractivity contribution in [2.75, 3.05) is 4.90 Å². The Labute approximate surface area is 136 Å². The maximum absolute atomic E-state index is 12.4. The summed E-state index contributed by atoms with van der Waals surface area (Å²) in [6, 6.07) is 16.0. The third-order valence-electron chi connectivity index (χ3n) is 4.05. The fourth-order valence-corrected chi connectivity index (χ4v) is 3.32. The largest absolute Gasteiger partial charge is 0.307 e. The van der Waals surface area contributed by atoms with Gasteiger partial charge in [-0.15, -0.1) is 0 Å². The Morgan fingerprint density at radius 1 is 1.14 bits per heavy atom. The molecule has 0 unspecified atom stereocenters. The number of pyridine rings is 1. The minimum Gasteiger partial charge on any atom is -0.307 e. The molecule has 0 atom stereocenters. The van der Waals surface area contributed by atoms with Gasteiger partial charge < -0.3 is 4.90 Å². The lowest BCUT2D eigenvalue weighted by Crippen LogP contribution is -2.26. The normalized spacial score (nSPS) is 13.7. The lowest BCUT2D eigenvalue weighted by Gasteiger charge is -2.19. The van der Waals surface area contributed by atoms with Gasteiger partial charge in [0.25, 0.3) is 0 Å². The number of halogens is 1. The SMILES string of the molecule is O=C1Cc2ccc(Br)cc2N1Cc1ccnc2ccccc12. The van der Waals surface area contributed by atoms with Crippen molar-refractivity contribution in [1.29, 1.82) is 0 Å². The van der Waals surface area contributed by atoms with Crippen molar-refractivity contribution in [3.63, 3.8) is 0 Å². The van der Waals surface area contributed by atoms with Crippen LogP contribution in [0.25, 0.3) is 10.9 Å². The first-order valence-corrected chi connectivity index (χ1v) is 7.93. The number of benzene rings is 2. The molecule has 4 rings (SSSR count). The molecule has 22 heavy (non-hydrogen) atoms. The van der Waals surface area contributed by atoms with Gasteiger partial charge in [-0.1, -0.05) is 40.2 Å². The molecule has 0 bridgehead atoms. The maximum Gasteiger partial charge on any atom is 0.231 e. The highest BCUT2D eigenvalue weighted by Gasteiger charge is 2.27. The number of aromatic nitrogens is 1. The minimum atomic E-state index is 0.147. The van der Waals surface area contributed by atoms with Crippen LogP contribution in [0.3, 0.4) is 0 Å². The lowest BCUT2D eigenvalue weighted by molar-refractivity contribution is -0.117. The van der Waals surface area contributed by atoms with E-state index < -0.39 is 0 Å². The van der Waals surface area contributed by atoms with E-state index in [2.05, 4.69) is 27.0 Å². The molecule has 0 saturated carbocycles. The number of fused-ring (bicyclic) bond motifs is 2. The molecular formula is C18H13BrN2O. The smallest absolute Gasteiger partial charge is 0.231 e. The molecule has 3 nitrogen and oxygen atoms in total. The van der Waals surface area contributed by atoms with Crippen molar-refractivity contribution in [2.45, 2.75) is 13.0 Å². The summed E-state index contributed by atoms with van der Waals surface area (Å²) in [4.78, 5) is 18.6. The first-order valence-electron chi connectivity index (χ1n) is 7.14. The quantitative estimate of drug-likeness (QED) is 0.695. The zero-order chi connectivity index (χ0) is 15.1. The maximum atomic E-state index is 12.4. The number of carbonyl (C=O) groups is 1. The number of amides is 1. The van der Waals surface area contributed by atoms with Crippen molar-refractivity contribution in [2.24, 2.45) is 0 Å². The number of hydrogen-bond donors (Lipinski definition) is 0. The van der Waals surface area contributed by atoms with Gasteiger partial charge in [0.2, 0.25) is 5.91 Å². The van der Waals surface area contributed by atoms with Gasteiger partial charge in [0, 0.05) is 21.7 Å². The Balaban J connectivity index is 1.78. The molecule has 0 N–H and O–H groups in total. The summed E-state index contributed by atoms with van der Waals surface area (Å²) >= 11 is 3.49. The highest BCUT2D eigenvalue weighted by atomic mass is 79.9. The van der Waals surface area contributed by atoms with Gasteiger partial charge in [0.05, 0.1) is 18.5 Å². The van der Waals surface area contributed by atoms with E-state index in [1.165, 1.54) is 0 Å². The molecule has 0 fully saturated rings. The number of hydrogen-bond acceptors (Lipinski definition) is 2. The van der Waals surface area contributed by atoms with Crippen LogP contribution in [-0.4, -0.2) is 10.9 Å². The van der Waals surface area contributed by atoms with Gasteiger partial charge in [0.15, 0.2) is 0 Å². The predicted molar refractivity (Wildman–Crippen MR) is 90.8 cm³/mol. The molecule has 108 valence electrons. The monoisotopic (exact) mass is 352 g/mol. The van der Waals surface area contributed by atoms with Gasteiger partial charge in [-0.05, 0) is 35.4 Å². The van der Waals surface area contributed by atoms with E-state index in [-0.39, 0.29) is 5.91 Å². The second-order valence-corrected chi connectivity index (χ2v) is 6.33. The fourth-order valence-electron chi connectivity index (χ4n) is 2.97. The number of nitrogens with zero attached hydrogens (tertiary/aromatic N) is 2. The summed E-state index contributed by atoms with van der Waals surface area (Å²) in [7, 11) is 0. The Morgan fingerprint density at radius 2 is 2.00 bits per heavy atom. The number of rotatable bonds is 2. The van der Waals surface area contributed by atoms with E-state index in [9.17, 15) is 4.79 Å². The number of anilines is 1. The van der Waals surface area contributed by atoms with Crippen molar-refractivity contribution in [3.8, 4) is 0 Å². The Morgan fingerprint density at radius 3 is 2.91 bits per heavy atom. The van der Waals surface area contributed by atoms with E-state index >= 15 is 0 Å². The van der Waals surface area contributed by atoms with Crippen molar-refractivity contribution in [3.05, 3.63) is 70.3 Å². The Bertz CT molecular complexity index is 886. The van der Waals surface area contributed by atoms with Gasteiger partial charge in [-0.2, -0.15) is 0 Å². The summed E-state index contributed by atoms with van der Waals surface area (Å²) in [5.74, 6) is 0.147. The van der Waals surface area contributed by atoms with Gasteiger partial charge in [-0.25, -0.2) is 0 Å². The molecule has 0 spiro atoms. The molecule has 0 radical (unpaired) electrons. The molecule has 0 saturated heterocycles. The molecule has 1 aliphatic rings. The summed E-state index contributed by atoms with van der Waals surface area (Å²) in [5.41, 5.74) is 4.17. The van der Waals surface area contributed by atoms with E-state index in [0.717, 1.165) is 32.2 Å². The van der Waals surface area contributed by atoms with Crippen molar-refractivity contribution >= 4 is 38.4 Å². The average Bonchev–Trinajstić information content (AvgIpc) is 2.83. The Hall–Kier alpha value is -2.20. The molecule has 1 aliphatic heterocycles. The fraction of sp³-hybridized carbons (Fsp3) is 0.111. The van der Waals surface area contributed by atoms with Crippen LogP contribution in [0.2, 0.25) is 0 Å². The Kier molecular flexibility index (Phi) is 3.19. The van der Waals surface area contributed by atoms with Crippen LogP contribution in [0.1, 0.15) is 11.1 Å². The van der Waals surface area contributed by atoms with E-state index in [1.54, 1.807) is 6.20 Å². The van der Waals surface area contributed by atoms with E-state index in [0.29, 0.717) is 13.0 Å². The number of carbonyl (C=O) groups excluding carboxylic acids is 1. The van der Waals surface area contributed by atoms with Crippen molar-refractivity contribution < 1.29 is 4.79 Å². The summed E-state index contributed by atoms with van der Waals surface area (Å²) in [6.07, 6.45) is 2.28. The first-order chi connectivity index (χ1) is 10.7. The van der Waals surface area contributed by atoms with Gasteiger partial charge in [-0.3, -0.25) is 9.78 Å². The van der Waals surface area contributed by atoms with Crippen LogP contribution in [0.15, 0.2) is 59.2 Å². The topological polar surface area (TPSA) is 33.2 Å². The highest BCUT2D eigenvalue weighted by molar-refractivity contribution is 9.10. The average molecular weight is 353 g/mol. The first kappa shape index (κ1) is 13.5.